The molecule has 39 heavy (non-hydrogen) atoms. The number of amides is 3. The first-order chi connectivity index (χ1) is 18.8. The Morgan fingerprint density at radius 3 is 2.77 bits per heavy atom. The minimum absolute atomic E-state index is 0. The first kappa shape index (κ1) is 26.0. The average Bonchev–Trinajstić information content (AvgIpc) is 3.46. The number of fused-ring (bicyclic) bond motifs is 1. The fraction of sp³-hybridized carbons (Fsp3) is 0.286. The molecule has 10 nitrogen and oxygen atoms in total. The summed E-state index contributed by atoms with van der Waals surface area (Å²) in [5.74, 6) is 1.10. The summed E-state index contributed by atoms with van der Waals surface area (Å²) in [6.45, 7) is 5.89. The maximum absolute atomic E-state index is 14.1. The number of nitrogens with zero attached hydrogens (tertiary/aromatic N) is 4. The molecule has 3 heterocycles. The van der Waals surface area contributed by atoms with Gasteiger partial charge in [0.25, 0.3) is 5.91 Å². The van der Waals surface area contributed by atoms with Crippen molar-refractivity contribution >= 4 is 34.6 Å². The number of anilines is 2. The van der Waals surface area contributed by atoms with Crippen molar-refractivity contribution in [2.45, 2.75) is 19.8 Å². The van der Waals surface area contributed by atoms with Gasteiger partial charge in [-0.05, 0) is 47.9 Å². The number of carbonyl (C=O) groups is 2. The first-order valence-electron chi connectivity index (χ1n) is 12.8. The predicted octanol–water partition coefficient (Wildman–Crippen LogP) is 5.26. The van der Waals surface area contributed by atoms with E-state index < -0.39 is 0 Å². The second-order valence-electron chi connectivity index (χ2n) is 9.61. The highest BCUT2D eigenvalue weighted by molar-refractivity contribution is 5.92. The van der Waals surface area contributed by atoms with Crippen molar-refractivity contribution in [2.24, 2.45) is 7.05 Å². The van der Waals surface area contributed by atoms with Crippen molar-refractivity contribution in [1.82, 2.24) is 30.1 Å². The van der Waals surface area contributed by atoms with Gasteiger partial charge in [0.05, 0.1) is 11.0 Å². The van der Waals surface area contributed by atoms with Crippen molar-refractivity contribution in [3.63, 3.8) is 0 Å². The third kappa shape index (κ3) is 5.77. The number of hydrogen-bond donors (Lipinski definition) is 3. The topological polar surface area (TPSA) is 113 Å². The van der Waals surface area contributed by atoms with E-state index in [2.05, 4.69) is 20.9 Å². The fourth-order valence-corrected chi connectivity index (χ4v) is 4.40. The molecule has 5 rings (SSSR count). The smallest absolute Gasteiger partial charge is 0.317 e. The number of aromatic nitrogens is 3. The second kappa shape index (κ2) is 11.0. The molecule has 1 aliphatic heterocycles. The van der Waals surface area contributed by atoms with Crippen LogP contribution in [0.1, 0.15) is 40.1 Å². The summed E-state index contributed by atoms with van der Waals surface area (Å²) in [6, 6.07) is 13.6. The van der Waals surface area contributed by atoms with E-state index in [0.29, 0.717) is 54.7 Å². The van der Waals surface area contributed by atoms with E-state index >= 15 is 0 Å². The number of carbonyl (C=O) groups excluding carboxylic acids is 2. The molecule has 1 fully saturated rings. The quantitative estimate of drug-likeness (QED) is 0.268. The van der Waals surface area contributed by atoms with Gasteiger partial charge in [0, 0.05) is 61.5 Å². The molecule has 2 aromatic heterocycles. The summed E-state index contributed by atoms with van der Waals surface area (Å²) in [5.41, 5.74) is 3.20. The van der Waals surface area contributed by atoms with Crippen LogP contribution in [0.15, 0.2) is 54.7 Å². The molecular formula is C28H36FN7O3. The summed E-state index contributed by atoms with van der Waals surface area (Å²) < 4.78 is 22.0. The number of nitrogens with one attached hydrogen (secondary N) is 3. The number of benzene rings is 2. The van der Waals surface area contributed by atoms with E-state index in [1.165, 1.54) is 12.3 Å². The second-order valence-corrected chi connectivity index (χ2v) is 9.61. The van der Waals surface area contributed by atoms with Crippen molar-refractivity contribution in [1.29, 1.82) is 0 Å². The van der Waals surface area contributed by atoms with Crippen LogP contribution in [0.25, 0.3) is 11.0 Å². The van der Waals surface area contributed by atoms with E-state index in [4.69, 9.17) is 9.72 Å². The molecular weight excluding hydrogens is 501 g/mol. The lowest BCUT2D eigenvalue weighted by Crippen LogP contribution is -2.37. The van der Waals surface area contributed by atoms with Crippen LogP contribution >= 0.6 is 0 Å². The average molecular weight is 538 g/mol. The monoisotopic (exact) mass is 537 g/mol. The molecule has 0 saturated carbocycles. The first-order valence-corrected chi connectivity index (χ1v) is 12.8. The van der Waals surface area contributed by atoms with Crippen molar-refractivity contribution in [2.75, 3.05) is 31.5 Å². The standard InChI is InChI=1S/C28H30FN7O3.3H2/c1-17(2)21-14-18(4-6-22(21)29)33-27-34-23-15-19(5-7-25(23)35(27)3)39-20-8-9-30-24(16-20)26(37)31-10-12-36-13-11-32-28(36)38;;;/h4-9,14-17H,10-13H2,1-3H3,(H,31,37)(H,32,38)(H,33,34);3*1H. The maximum atomic E-state index is 14.1. The van der Waals surface area contributed by atoms with Gasteiger partial charge in [-0.15, -0.1) is 0 Å². The zero-order valence-corrected chi connectivity index (χ0v) is 22.0. The molecule has 0 spiro atoms. The number of rotatable bonds is 9. The minimum atomic E-state index is -0.350. The molecule has 3 amide bonds. The largest absolute Gasteiger partial charge is 0.457 e. The van der Waals surface area contributed by atoms with Crippen LogP contribution in [0.2, 0.25) is 0 Å². The molecule has 208 valence electrons. The Morgan fingerprint density at radius 1 is 1.18 bits per heavy atom. The lowest BCUT2D eigenvalue weighted by molar-refractivity contribution is 0.0945. The summed E-state index contributed by atoms with van der Waals surface area (Å²) in [5, 5.41) is 8.79. The van der Waals surface area contributed by atoms with Gasteiger partial charge in [0.1, 0.15) is 23.0 Å². The van der Waals surface area contributed by atoms with Crippen molar-refractivity contribution < 1.29 is 23.0 Å². The Bertz CT molecular complexity index is 1550. The lowest BCUT2D eigenvalue weighted by atomic mass is 10.0. The van der Waals surface area contributed by atoms with Gasteiger partial charge in [0.15, 0.2) is 0 Å². The molecule has 3 N–H and O–H groups in total. The van der Waals surface area contributed by atoms with Crippen LogP contribution in [0.5, 0.6) is 11.5 Å². The number of urea groups is 1. The number of halogens is 1. The summed E-state index contributed by atoms with van der Waals surface area (Å²) in [6.07, 6.45) is 1.51. The van der Waals surface area contributed by atoms with Gasteiger partial charge in [-0.3, -0.25) is 9.78 Å². The molecule has 0 radical (unpaired) electrons. The Balaban J connectivity index is 0.00000205. The number of pyridine rings is 1. The van der Waals surface area contributed by atoms with Gasteiger partial charge in [-0.25, -0.2) is 14.2 Å². The number of imidazole rings is 1. The molecule has 11 heteroatoms. The van der Waals surface area contributed by atoms with Crippen LogP contribution in [0, 0.1) is 5.82 Å². The SMILES string of the molecule is CC(C)c1cc(Nc2nc3cc(Oc4ccnc(C(=O)NCCN5CCNC5=O)c4)ccc3n2C)ccc1F.[HH].[HH].[HH]. The van der Waals surface area contributed by atoms with E-state index in [0.717, 1.165) is 11.2 Å². The van der Waals surface area contributed by atoms with Crippen molar-refractivity contribution in [3.05, 3.63) is 71.8 Å². The summed E-state index contributed by atoms with van der Waals surface area (Å²) in [4.78, 5) is 34.7. The fourth-order valence-electron chi connectivity index (χ4n) is 4.40. The van der Waals surface area contributed by atoms with E-state index in [1.807, 2.05) is 43.7 Å². The Labute approximate surface area is 229 Å². The molecule has 4 aromatic rings. The van der Waals surface area contributed by atoms with Crippen LogP contribution in [-0.2, 0) is 7.05 Å². The summed E-state index contributed by atoms with van der Waals surface area (Å²) >= 11 is 0. The van der Waals surface area contributed by atoms with Gasteiger partial charge in [-0.2, -0.15) is 0 Å². The predicted molar refractivity (Wildman–Crippen MR) is 152 cm³/mol. The highest BCUT2D eigenvalue weighted by Crippen LogP contribution is 2.29. The Kier molecular flexibility index (Phi) is 7.31. The molecule has 1 aliphatic rings. The zero-order chi connectivity index (χ0) is 27.5. The Morgan fingerprint density at radius 2 is 2.00 bits per heavy atom. The molecule has 0 aliphatic carbocycles. The molecule has 0 bridgehead atoms. The highest BCUT2D eigenvalue weighted by atomic mass is 19.1. The normalized spacial score (nSPS) is 13.2. The molecule has 2 aromatic carbocycles. The third-order valence-corrected chi connectivity index (χ3v) is 6.54. The maximum Gasteiger partial charge on any atom is 0.317 e. The molecule has 0 unspecified atom stereocenters. The van der Waals surface area contributed by atoms with Crippen LogP contribution in [0.3, 0.4) is 0 Å². The van der Waals surface area contributed by atoms with E-state index in [9.17, 15) is 14.0 Å². The third-order valence-electron chi connectivity index (χ3n) is 6.54. The van der Waals surface area contributed by atoms with Gasteiger partial charge < -0.3 is 30.2 Å². The van der Waals surface area contributed by atoms with Crippen LogP contribution in [0.4, 0.5) is 20.8 Å². The van der Waals surface area contributed by atoms with Gasteiger partial charge in [0.2, 0.25) is 5.95 Å². The van der Waals surface area contributed by atoms with E-state index in [1.54, 1.807) is 29.2 Å². The van der Waals surface area contributed by atoms with Gasteiger partial charge >= 0.3 is 6.03 Å². The lowest BCUT2D eigenvalue weighted by Gasteiger charge is -2.14. The van der Waals surface area contributed by atoms with Crippen molar-refractivity contribution in [3.8, 4) is 11.5 Å². The highest BCUT2D eigenvalue weighted by Gasteiger charge is 2.19. The minimum Gasteiger partial charge on any atom is -0.457 e. The molecule has 1 saturated heterocycles. The molecule has 0 atom stereocenters. The number of aryl methyl sites for hydroxylation is 1. The number of ether oxygens (including phenoxy) is 1. The number of hydrogen-bond acceptors (Lipinski definition) is 6. The van der Waals surface area contributed by atoms with Crippen LogP contribution in [-0.4, -0.2) is 57.6 Å². The zero-order valence-electron chi connectivity index (χ0n) is 22.0. The van der Waals surface area contributed by atoms with Gasteiger partial charge in [-0.1, -0.05) is 13.8 Å². The Hall–Kier alpha value is -4.67. The van der Waals surface area contributed by atoms with Crippen LogP contribution < -0.4 is 20.7 Å². The summed E-state index contributed by atoms with van der Waals surface area (Å²) in [7, 11) is 1.90. The van der Waals surface area contributed by atoms with E-state index in [-0.39, 0.29) is 33.6 Å².